The van der Waals surface area contributed by atoms with Gasteiger partial charge in [0.05, 0.1) is 5.70 Å². The van der Waals surface area contributed by atoms with Crippen molar-refractivity contribution in [2.45, 2.75) is 87.0 Å². The van der Waals surface area contributed by atoms with Crippen molar-refractivity contribution in [2.24, 2.45) is 11.5 Å². The summed E-state index contributed by atoms with van der Waals surface area (Å²) in [5.41, 5.74) is 13.2. The van der Waals surface area contributed by atoms with Crippen LogP contribution in [0.15, 0.2) is 23.0 Å². The van der Waals surface area contributed by atoms with Crippen LogP contribution < -0.4 is 11.5 Å². The van der Waals surface area contributed by atoms with Crippen molar-refractivity contribution in [1.82, 2.24) is 9.80 Å². The highest BCUT2D eigenvalue weighted by Gasteiger charge is 2.12. The maximum Gasteiger partial charge on any atom is 0.264 e. The van der Waals surface area contributed by atoms with Crippen LogP contribution in [-0.4, -0.2) is 47.8 Å². The molecule has 0 spiro atoms. The van der Waals surface area contributed by atoms with Gasteiger partial charge in [-0.2, -0.15) is 0 Å². The lowest BCUT2D eigenvalue weighted by Crippen LogP contribution is -2.31. The van der Waals surface area contributed by atoms with E-state index in [1.54, 1.807) is 0 Å². The zero-order valence-corrected chi connectivity index (χ0v) is 20.0. The third-order valence-electron chi connectivity index (χ3n) is 4.97. The molecule has 0 aliphatic rings. The number of amides is 2. The van der Waals surface area contributed by atoms with Crippen LogP contribution in [-0.2, 0) is 9.59 Å². The average Bonchev–Trinajstić information content (AvgIpc) is 2.70. The number of rotatable bonds is 14. The lowest BCUT2D eigenvalue weighted by Gasteiger charge is -2.26. The van der Waals surface area contributed by atoms with Gasteiger partial charge in [0, 0.05) is 37.4 Å². The molecule has 4 N–H and O–H groups in total. The largest absolute Gasteiger partial charge is 0.375 e. The number of nitrogens with two attached hydrogens (primary N) is 2. The van der Waals surface area contributed by atoms with Crippen molar-refractivity contribution in [3.63, 3.8) is 0 Å². The van der Waals surface area contributed by atoms with Gasteiger partial charge < -0.3 is 21.3 Å². The highest BCUT2D eigenvalue weighted by molar-refractivity contribution is 5.92. The fourth-order valence-electron chi connectivity index (χ4n) is 3.07. The van der Waals surface area contributed by atoms with Crippen molar-refractivity contribution in [1.29, 1.82) is 0 Å². The fraction of sp³-hybridized carbons (Fsp3) is 0.739. The Morgan fingerprint density at radius 3 is 1.59 bits per heavy atom. The van der Waals surface area contributed by atoms with Crippen molar-refractivity contribution in [2.75, 3.05) is 26.2 Å². The molecule has 29 heavy (non-hydrogen) atoms. The standard InChI is InChI=1S/C12H24N2O.C11H22N2O/c1-5-8-9-11(10(4)12(13)15)14(6-2)7-3;1-4-7-8-9-10(11(12)14)13(5-2)6-3/h5-9H2,1-4H3,(H2,13,15);9H,4-8H2,1-3H3,(H2,12,14)/b11-10+;10-9+. The van der Waals surface area contributed by atoms with Gasteiger partial charge in [-0.25, -0.2) is 0 Å². The van der Waals surface area contributed by atoms with E-state index in [9.17, 15) is 9.59 Å². The fourth-order valence-corrected chi connectivity index (χ4v) is 3.07. The highest BCUT2D eigenvalue weighted by atomic mass is 16.1. The smallest absolute Gasteiger partial charge is 0.264 e. The Bertz CT molecular complexity index is 519. The number of primary amides is 2. The van der Waals surface area contributed by atoms with Crippen LogP contribution >= 0.6 is 0 Å². The van der Waals surface area contributed by atoms with E-state index in [4.69, 9.17) is 11.5 Å². The summed E-state index contributed by atoms with van der Waals surface area (Å²) in [6, 6.07) is 0. The lowest BCUT2D eigenvalue weighted by atomic mass is 10.1. The zero-order chi connectivity index (χ0) is 22.8. The normalized spacial score (nSPS) is 11.9. The number of hydrogen-bond acceptors (Lipinski definition) is 4. The predicted octanol–water partition coefficient (Wildman–Crippen LogP) is 4.17. The monoisotopic (exact) mass is 410 g/mol. The first-order valence-corrected chi connectivity index (χ1v) is 11.2. The number of carbonyl (C=O) groups is 2. The molecule has 0 aromatic carbocycles. The third kappa shape index (κ3) is 12.2. The van der Waals surface area contributed by atoms with Gasteiger partial charge in [-0.05, 0) is 60.3 Å². The molecule has 0 atom stereocenters. The molecule has 0 heterocycles. The molecule has 0 saturated carbocycles. The summed E-state index contributed by atoms with van der Waals surface area (Å²) in [6.07, 6.45) is 8.34. The quantitative estimate of drug-likeness (QED) is 0.332. The number of allylic oxidation sites excluding steroid dienone is 2. The van der Waals surface area contributed by atoms with E-state index in [2.05, 4.69) is 32.6 Å². The molecule has 0 saturated heterocycles. The summed E-state index contributed by atoms with van der Waals surface area (Å²) in [5.74, 6) is -0.613. The zero-order valence-electron chi connectivity index (χ0n) is 20.0. The van der Waals surface area contributed by atoms with Crippen LogP contribution in [0, 0.1) is 0 Å². The van der Waals surface area contributed by atoms with Gasteiger partial charge >= 0.3 is 0 Å². The van der Waals surface area contributed by atoms with Crippen molar-refractivity contribution < 1.29 is 9.59 Å². The molecular weight excluding hydrogens is 364 g/mol. The van der Waals surface area contributed by atoms with E-state index >= 15 is 0 Å². The van der Waals surface area contributed by atoms with E-state index in [0.29, 0.717) is 11.3 Å². The first-order chi connectivity index (χ1) is 13.7. The number of likely N-dealkylation sites (N-methyl/N-ethyl adjacent to an activating group) is 1. The number of hydrogen-bond donors (Lipinski definition) is 2. The Labute approximate surface area is 179 Å². The molecule has 170 valence electrons. The molecule has 0 fully saturated rings. The van der Waals surface area contributed by atoms with Crippen molar-refractivity contribution >= 4 is 11.8 Å². The number of carbonyl (C=O) groups excluding carboxylic acids is 2. The van der Waals surface area contributed by atoms with Gasteiger partial charge in [0.1, 0.15) is 0 Å². The molecule has 0 rings (SSSR count). The minimum Gasteiger partial charge on any atom is -0.375 e. The number of unbranched alkanes of at least 4 members (excludes halogenated alkanes) is 3. The molecule has 0 aliphatic heterocycles. The predicted molar refractivity (Wildman–Crippen MR) is 124 cm³/mol. The molecule has 6 nitrogen and oxygen atoms in total. The second kappa shape index (κ2) is 18.1. The molecule has 0 aromatic heterocycles. The van der Waals surface area contributed by atoms with Gasteiger partial charge in [-0.15, -0.1) is 0 Å². The maximum atomic E-state index is 11.2. The molecule has 0 radical (unpaired) electrons. The van der Waals surface area contributed by atoms with E-state index in [-0.39, 0.29) is 11.8 Å². The van der Waals surface area contributed by atoms with Gasteiger partial charge in [0.2, 0.25) is 5.91 Å². The minimum absolute atomic E-state index is 0.298. The highest BCUT2D eigenvalue weighted by Crippen LogP contribution is 2.17. The molecule has 0 aliphatic carbocycles. The van der Waals surface area contributed by atoms with Crippen molar-refractivity contribution in [3.05, 3.63) is 23.0 Å². The summed E-state index contributed by atoms with van der Waals surface area (Å²) in [4.78, 5) is 26.6. The van der Waals surface area contributed by atoms with Crippen LogP contribution in [0.1, 0.15) is 87.0 Å². The van der Waals surface area contributed by atoms with E-state index in [1.807, 2.05) is 31.7 Å². The van der Waals surface area contributed by atoms with Gasteiger partial charge in [0.15, 0.2) is 0 Å². The molecule has 0 bridgehead atoms. The second-order valence-corrected chi connectivity index (χ2v) is 6.98. The van der Waals surface area contributed by atoms with Crippen LogP contribution in [0.4, 0.5) is 0 Å². The Morgan fingerprint density at radius 2 is 1.24 bits per heavy atom. The summed E-state index contributed by atoms with van der Waals surface area (Å²) >= 11 is 0. The second-order valence-electron chi connectivity index (χ2n) is 6.98. The third-order valence-corrected chi connectivity index (χ3v) is 4.97. The molecule has 0 aromatic rings. The Kier molecular flexibility index (Phi) is 18.2. The van der Waals surface area contributed by atoms with Gasteiger partial charge in [-0.1, -0.05) is 32.8 Å². The molecule has 6 heteroatoms. The first-order valence-electron chi connectivity index (χ1n) is 11.2. The molecular formula is C23H46N4O2. The Balaban J connectivity index is 0. The van der Waals surface area contributed by atoms with Crippen LogP contribution in [0.2, 0.25) is 0 Å². The van der Waals surface area contributed by atoms with E-state index in [1.165, 1.54) is 0 Å². The SMILES string of the molecule is CCCC/C(=C(/C)C(N)=O)N(CC)CC.CCCC/C=C(\C(N)=O)N(CC)CC. The van der Waals surface area contributed by atoms with Gasteiger partial charge in [0.25, 0.3) is 5.91 Å². The Hall–Kier alpha value is -1.98. The van der Waals surface area contributed by atoms with Crippen molar-refractivity contribution in [3.8, 4) is 0 Å². The Morgan fingerprint density at radius 1 is 0.759 bits per heavy atom. The first kappa shape index (κ1) is 29.2. The molecule has 2 amide bonds. The van der Waals surface area contributed by atoms with Crippen LogP contribution in [0.5, 0.6) is 0 Å². The van der Waals surface area contributed by atoms with Crippen LogP contribution in [0.3, 0.4) is 0 Å². The average molecular weight is 411 g/mol. The minimum atomic E-state index is -0.315. The van der Waals surface area contributed by atoms with Crippen LogP contribution in [0.25, 0.3) is 0 Å². The lowest BCUT2D eigenvalue weighted by molar-refractivity contribution is -0.116. The van der Waals surface area contributed by atoms with E-state index < -0.39 is 0 Å². The van der Waals surface area contributed by atoms with E-state index in [0.717, 1.165) is 70.4 Å². The summed E-state index contributed by atoms with van der Waals surface area (Å²) < 4.78 is 0. The molecule has 0 unspecified atom stereocenters. The summed E-state index contributed by atoms with van der Waals surface area (Å²) in [7, 11) is 0. The topological polar surface area (TPSA) is 92.7 Å². The summed E-state index contributed by atoms with van der Waals surface area (Å²) in [6.45, 7) is 17.9. The number of nitrogens with zero attached hydrogens (tertiary/aromatic N) is 2. The summed E-state index contributed by atoms with van der Waals surface area (Å²) in [5, 5.41) is 0. The maximum absolute atomic E-state index is 11.2. The van der Waals surface area contributed by atoms with Gasteiger partial charge in [-0.3, -0.25) is 9.59 Å².